The van der Waals surface area contributed by atoms with E-state index in [2.05, 4.69) is 4.74 Å². The van der Waals surface area contributed by atoms with Gasteiger partial charge in [-0.25, -0.2) is 18.6 Å². The molecule has 0 saturated heterocycles. The van der Waals surface area contributed by atoms with E-state index in [1.807, 2.05) is 0 Å². The van der Waals surface area contributed by atoms with Crippen molar-refractivity contribution in [3.05, 3.63) is 0 Å². The van der Waals surface area contributed by atoms with E-state index in [1.165, 1.54) is 0 Å². The first-order valence-electron chi connectivity index (χ1n) is 2.63. The third-order valence-corrected chi connectivity index (χ3v) is 1.76. The van der Waals surface area contributed by atoms with Gasteiger partial charge in [-0.3, -0.25) is 0 Å². The minimum Gasteiger partial charge on any atom is -0.452 e. The number of carbonyl (C=O) groups is 1. The molecule has 2 N–H and O–H groups in total. The van der Waals surface area contributed by atoms with Gasteiger partial charge in [-0.1, -0.05) is 0 Å². The van der Waals surface area contributed by atoms with Crippen LogP contribution in [0, 0.1) is 0 Å². The third-order valence-electron chi connectivity index (χ3n) is 0.778. The summed E-state index contributed by atoms with van der Waals surface area (Å²) in [5, 5.41) is 0. The van der Waals surface area contributed by atoms with E-state index in [4.69, 9.17) is 0 Å². The smallest absolute Gasteiger partial charge is 0.452 e. The maximum Gasteiger partial charge on any atom is 0.513 e. The highest BCUT2D eigenvalue weighted by molar-refractivity contribution is 7.90. The maximum atomic E-state index is 11.5. The average Bonchev–Trinajstić information content (AvgIpc) is 1.98. The zero-order valence-electron chi connectivity index (χ0n) is 6.18. The number of alkyl halides is 3. The van der Waals surface area contributed by atoms with Crippen LogP contribution < -0.4 is 10.3 Å². The lowest BCUT2D eigenvalue weighted by Gasteiger charge is -2.08. The standard InChI is InChI=1S/C3H5F3N2O4S/c1-12-2(9)7-8-13(10,11)3(4,5)6/h8H,1H3,(H,7,9). The Labute approximate surface area is 71.1 Å². The molecule has 0 heterocycles. The lowest BCUT2D eigenvalue weighted by molar-refractivity contribution is -0.0450. The second kappa shape index (κ2) is 3.79. The first-order chi connectivity index (χ1) is 5.70. The van der Waals surface area contributed by atoms with Crippen LogP contribution in [0.25, 0.3) is 0 Å². The van der Waals surface area contributed by atoms with Crippen LogP contribution >= 0.6 is 0 Å². The van der Waals surface area contributed by atoms with E-state index < -0.39 is 21.6 Å². The summed E-state index contributed by atoms with van der Waals surface area (Å²) >= 11 is 0. The zero-order valence-corrected chi connectivity index (χ0v) is 6.99. The number of amides is 1. The summed E-state index contributed by atoms with van der Waals surface area (Å²) in [7, 11) is -4.71. The van der Waals surface area contributed by atoms with E-state index in [0.29, 0.717) is 0 Å². The molecular formula is C3H5F3N2O4S. The van der Waals surface area contributed by atoms with Crippen molar-refractivity contribution < 1.29 is 31.1 Å². The summed E-state index contributed by atoms with van der Waals surface area (Å²) in [5.41, 5.74) is -4.32. The SMILES string of the molecule is COC(=O)NNS(=O)(=O)C(F)(F)F. The topological polar surface area (TPSA) is 84.5 Å². The number of sulfonamides is 1. The number of hydrazine groups is 1. The second-order valence-electron chi connectivity index (χ2n) is 1.67. The van der Waals surface area contributed by atoms with Crippen molar-refractivity contribution in [3.63, 3.8) is 0 Å². The number of ether oxygens (including phenoxy) is 1. The molecule has 1 amide bonds. The van der Waals surface area contributed by atoms with E-state index >= 15 is 0 Å². The van der Waals surface area contributed by atoms with Gasteiger partial charge >= 0.3 is 21.6 Å². The van der Waals surface area contributed by atoms with Crippen LogP contribution in [-0.2, 0) is 14.8 Å². The minimum absolute atomic E-state index is 0.772. The summed E-state index contributed by atoms with van der Waals surface area (Å²) in [5.74, 6) is 0. The number of halogens is 3. The van der Waals surface area contributed by atoms with Gasteiger partial charge < -0.3 is 4.74 Å². The number of methoxy groups -OCH3 is 1. The van der Waals surface area contributed by atoms with Crippen molar-refractivity contribution >= 4 is 16.1 Å². The van der Waals surface area contributed by atoms with Crippen molar-refractivity contribution in [3.8, 4) is 0 Å². The monoisotopic (exact) mass is 222 g/mol. The molecule has 13 heavy (non-hydrogen) atoms. The highest BCUT2D eigenvalue weighted by Gasteiger charge is 2.46. The molecule has 0 aliphatic heterocycles. The van der Waals surface area contributed by atoms with Crippen molar-refractivity contribution in [2.75, 3.05) is 7.11 Å². The molecule has 0 fully saturated rings. The average molecular weight is 222 g/mol. The van der Waals surface area contributed by atoms with Crippen LogP contribution in [0.5, 0.6) is 0 Å². The highest BCUT2D eigenvalue weighted by Crippen LogP contribution is 2.20. The van der Waals surface area contributed by atoms with Gasteiger partial charge in [0.15, 0.2) is 0 Å². The van der Waals surface area contributed by atoms with Gasteiger partial charge in [0.25, 0.3) is 0 Å². The zero-order chi connectivity index (χ0) is 10.7. The number of hydrogen-bond donors (Lipinski definition) is 2. The van der Waals surface area contributed by atoms with Gasteiger partial charge in [0, 0.05) is 0 Å². The van der Waals surface area contributed by atoms with Gasteiger partial charge in [0.1, 0.15) is 0 Å². The normalized spacial score (nSPS) is 12.3. The molecule has 0 aromatic heterocycles. The van der Waals surface area contributed by atoms with Gasteiger partial charge in [0.2, 0.25) is 0 Å². The molecule has 0 spiro atoms. The van der Waals surface area contributed by atoms with E-state index in [-0.39, 0.29) is 0 Å². The molecule has 6 nitrogen and oxygen atoms in total. The summed E-state index contributed by atoms with van der Waals surface area (Å²) in [4.78, 5) is 10.9. The first kappa shape index (κ1) is 12.0. The Kier molecular flexibility index (Phi) is 3.49. The first-order valence-corrected chi connectivity index (χ1v) is 4.11. The molecule has 0 unspecified atom stereocenters. The van der Waals surface area contributed by atoms with Gasteiger partial charge in [-0.15, -0.1) is 4.83 Å². The molecule has 0 aromatic rings. The Morgan fingerprint density at radius 2 is 1.85 bits per heavy atom. The van der Waals surface area contributed by atoms with E-state index in [1.54, 1.807) is 0 Å². The largest absolute Gasteiger partial charge is 0.513 e. The minimum atomic E-state index is -5.56. The lowest BCUT2D eigenvalue weighted by atomic mass is 11.2. The van der Waals surface area contributed by atoms with Gasteiger partial charge in [-0.2, -0.15) is 13.2 Å². The molecule has 78 valence electrons. The molecule has 0 aliphatic carbocycles. The number of hydrogen-bond acceptors (Lipinski definition) is 4. The van der Waals surface area contributed by atoms with Crippen LogP contribution in [-0.4, -0.2) is 27.1 Å². The molecule has 0 saturated carbocycles. The van der Waals surface area contributed by atoms with E-state index in [0.717, 1.165) is 17.4 Å². The fourth-order valence-electron chi connectivity index (χ4n) is 0.218. The number of nitrogens with one attached hydrogen (secondary N) is 2. The Morgan fingerprint density at radius 1 is 1.38 bits per heavy atom. The molecular weight excluding hydrogens is 217 g/mol. The highest BCUT2D eigenvalue weighted by atomic mass is 32.2. The predicted octanol–water partition coefficient (Wildman–Crippen LogP) is -0.303. The molecule has 10 heteroatoms. The molecule has 0 rings (SSSR count). The quantitative estimate of drug-likeness (QED) is 0.628. The Bertz CT molecular complexity index is 283. The van der Waals surface area contributed by atoms with Crippen molar-refractivity contribution in [1.82, 2.24) is 10.3 Å². The molecule has 0 radical (unpaired) electrons. The van der Waals surface area contributed by atoms with Gasteiger partial charge in [-0.05, 0) is 0 Å². The Morgan fingerprint density at radius 3 is 2.15 bits per heavy atom. The van der Waals surface area contributed by atoms with E-state index in [9.17, 15) is 26.4 Å². The number of rotatable bonds is 2. The summed E-state index contributed by atoms with van der Waals surface area (Å²) in [6.45, 7) is 0. The summed E-state index contributed by atoms with van der Waals surface area (Å²) in [6, 6.07) is 0. The van der Waals surface area contributed by atoms with Crippen molar-refractivity contribution in [2.24, 2.45) is 0 Å². The van der Waals surface area contributed by atoms with Crippen molar-refractivity contribution in [1.29, 1.82) is 0 Å². The van der Waals surface area contributed by atoms with Crippen LogP contribution in [0.3, 0.4) is 0 Å². The van der Waals surface area contributed by atoms with Crippen molar-refractivity contribution in [2.45, 2.75) is 5.51 Å². The Hall–Kier alpha value is -1.03. The summed E-state index contributed by atoms with van der Waals surface area (Å²) < 4.78 is 58.8. The van der Waals surface area contributed by atoms with Gasteiger partial charge in [0.05, 0.1) is 7.11 Å². The predicted molar refractivity (Wildman–Crippen MR) is 33.7 cm³/mol. The fraction of sp³-hybridized carbons (Fsp3) is 0.667. The lowest BCUT2D eigenvalue weighted by Crippen LogP contribution is -2.47. The van der Waals surface area contributed by atoms with Crippen LogP contribution in [0.4, 0.5) is 18.0 Å². The molecule has 0 aromatic carbocycles. The molecule has 0 aliphatic rings. The second-order valence-corrected chi connectivity index (χ2v) is 3.34. The maximum absolute atomic E-state index is 11.5. The third kappa shape index (κ3) is 3.46. The summed E-state index contributed by atoms with van der Waals surface area (Å²) in [6.07, 6.45) is -1.35. The van der Waals surface area contributed by atoms with Crippen LogP contribution in [0.2, 0.25) is 0 Å². The Balaban J connectivity index is 4.30. The molecule has 0 atom stereocenters. The van der Waals surface area contributed by atoms with Crippen LogP contribution in [0.15, 0.2) is 0 Å². The van der Waals surface area contributed by atoms with Crippen LogP contribution in [0.1, 0.15) is 0 Å². The fourth-order valence-corrected chi connectivity index (χ4v) is 0.551. The molecule has 0 bridgehead atoms. The number of carbonyl (C=O) groups excluding carboxylic acids is 1.